The highest BCUT2D eigenvalue weighted by Crippen LogP contribution is 2.41. The van der Waals surface area contributed by atoms with Crippen LogP contribution in [0.25, 0.3) is 0 Å². The Morgan fingerprint density at radius 1 is 1.15 bits per heavy atom. The molecule has 0 aliphatic heterocycles. The number of halogens is 1. The quantitative estimate of drug-likeness (QED) is 0.139. The molecule has 6 heteroatoms. The Morgan fingerprint density at radius 2 is 1.85 bits per heavy atom. The van der Waals surface area contributed by atoms with Crippen LogP contribution >= 0.6 is 22.6 Å². The predicted octanol–water partition coefficient (Wildman–Crippen LogP) is 3.68. The van der Waals surface area contributed by atoms with Crippen molar-refractivity contribution in [3.05, 3.63) is 12.2 Å². The van der Waals surface area contributed by atoms with Gasteiger partial charge in [-0.2, -0.15) is 0 Å². The summed E-state index contributed by atoms with van der Waals surface area (Å²) in [6, 6.07) is 0. The van der Waals surface area contributed by atoms with E-state index in [1.807, 2.05) is 12.2 Å². The second-order valence-electron chi connectivity index (χ2n) is 7.64. The van der Waals surface area contributed by atoms with Gasteiger partial charge in [-0.15, -0.1) is 0 Å². The standard InChI is InChI=1S/C20H35IO5/c1-14(22)7-6-8-15(23)11-12-17-16(18(21)13-19(17)24)9-4-2-3-5-10-20(25)26/h11-12,14-19,22-24H,2-10,13H2,1H3,(H,25,26)/b12-11+/t14-,15+,16-,17-,18-,19-/m1/s1. The molecule has 0 bridgehead atoms. The van der Waals surface area contributed by atoms with E-state index < -0.39 is 12.1 Å². The van der Waals surface area contributed by atoms with E-state index in [9.17, 15) is 20.1 Å². The molecule has 0 unspecified atom stereocenters. The average Bonchev–Trinajstić information content (AvgIpc) is 2.81. The molecule has 0 aromatic heterocycles. The molecule has 6 atom stereocenters. The molecule has 5 nitrogen and oxygen atoms in total. The van der Waals surface area contributed by atoms with Crippen LogP contribution in [0.15, 0.2) is 12.2 Å². The maximum atomic E-state index is 10.5. The molecule has 4 N–H and O–H groups in total. The highest BCUT2D eigenvalue weighted by atomic mass is 127. The van der Waals surface area contributed by atoms with Crippen molar-refractivity contribution < 1.29 is 25.2 Å². The average molecular weight is 482 g/mol. The molecule has 0 amide bonds. The van der Waals surface area contributed by atoms with Crippen LogP contribution in [0.3, 0.4) is 0 Å². The molecule has 0 heterocycles. The number of unbranched alkanes of at least 4 members (excludes halogenated alkanes) is 3. The lowest BCUT2D eigenvalue weighted by molar-refractivity contribution is -0.137. The number of aliphatic carboxylic acids is 1. The van der Waals surface area contributed by atoms with Crippen LogP contribution in [0.5, 0.6) is 0 Å². The van der Waals surface area contributed by atoms with E-state index in [0.29, 0.717) is 22.7 Å². The number of aliphatic hydroxyl groups is 3. The second-order valence-corrected chi connectivity index (χ2v) is 9.24. The number of carboxylic acid groups (broad SMARTS) is 1. The van der Waals surface area contributed by atoms with E-state index >= 15 is 0 Å². The lowest BCUT2D eigenvalue weighted by atomic mass is 9.89. The summed E-state index contributed by atoms with van der Waals surface area (Å²) < 4.78 is 0.434. The lowest BCUT2D eigenvalue weighted by Crippen LogP contribution is -2.19. The molecule has 1 fully saturated rings. The molecule has 152 valence electrons. The van der Waals surface area contributed by atoms with Gasteiger partial charge in [0.15, 0.2) is 0 Å². The smallest absolute Gasteiger partial charge is 0.303 e. The number of aliphatic hydroxyl groups excluding tert-OH is 3. The van der Waals surface area contributed by atoms with Gasteiger partial charge in [0.25, 0.3) is 0 Å². The minimum atomic E-state index is -0.728. The molecule has 1 saturated carbocycles. The normalized spacial score (nSPS) is 28.5. The summed E-state index contributed by atoms with van der Waals surface area (Å²) in [5.74, 6) is -0.234. The first kappa shape index (κ1) is 23.9. The zero-order chi connectivity index (χ0) is 19.5. The lowest BCUT2D eigenvalue weighted by Gasteiger charge is -2.21. The van der Waals surface area contributed by atoms with E-state index in [1.54, 1.807) is 6.92 Å². The van der Waals surface area contributed by atoms with Crippen LogP contribution < -0.4 is 0 Å². The highest BCUT2D eigenvalue weighted by Gasteiger charge is 2.39. The van der Waals surface area contributed by atoms with E-state index in [4.69, 9.17) is 5.11 Å². The number of carbonyl (C=O) groups is 1. The molecule has 1 aliphatic carbocycles. The van der Waals surface area contributed by atoms with Gasteiger partial charge in [-0.05, 0) is 51.4 Å². The molecule has 1 aliphatic rings. The molecular formula is C20H35IO5. The van der Waals surface area contributed by atoms with Crippen LogP contribution in [-0.4, -0.2) is 48.6 Å². The summed E-state index contributed by atoms with van der Waals surface area (Å²) in [7, 11) is 0. The minimum Gasteiger partial charge on any atom is -0.481 e. The summed E-state index contributed by atoms with van der Waals surface area (Å²) in [6.45, 7) is 1.75. The van der Waals surface area contributed by atoms with Gasteiger partial charge in [0, 0.05) is 16.3 Å². The highest BCUT2D eigenvalue weighted by molar-refractivity contribution is 14.1. The number of hydrogen-bond acceptors (Lipinski definition) is 4. The maximum Gasteiger partial charge on any atom is 0.303 e. The largest absolute Gasteiger partial charge is 0.481 e. The number of hydrogen-bond donors (Lipinski definition) is 4. The topological polar surface area (TPSA) is 98.0 Å². The first-order valence-electron chi connectivity index (χ1n) is 9.89. The van der Waals surface area contributed by atoms with Gasteiger partial charge < -0.3 is 20.4 Å². The minimum absolute atomic E-state index is 0.0855. The Kier molecular flexibility index (Phi) is 12.0. The SMILES string of the molecule is C[C@@H](O)CCC[C@H](O)/C=C/[C@@H]1[C@@H](CCCCCCC(=O)O)[C@H](I)C[C@H]1O. The Labute approximate surface area is 171 Å². The second kappa shape index (κ2) is 13.1. The summed E-state index contributed by atoms with van der Waals surface area (Å²) in [4.78, 5) is 10.5. The van der Waals surface area contributed by atoms with E-state index in [1.165, 1.54) is 0 Å². The maximum absolute atomic E-state index is 10.5. The zero-order valence-electron chi connectivity index (χ0n) is 15.8. The van der Waals surface area contributed by atoms with Crippen molar-refractivity contribution in [3.63, 3.8) is 0 Å². The monoisotopic (exact) mass is 482 g/mol. The van der Waals surface area contributed by atoms with Crippen LogP contribution in [0.2, 0.25) is 0 Å². The fourth-order valence-electron chi connectivity index (χ4n) is 3.72. The van der Waals surface area contributed by atoms with Crippen molar-refractivity contribution >= 4 is 28.6 Å². The molecule has 26 heavy (non-hydrogen) atoms. The third-order valence-corrected chi connectivity index (χ3v) is 6.66. The molecule has 0 aromatic rings. The van der Waals surface area contributed by atoms with Crippen molar-refractivity contribution in [1.29, 1.82) is 0 Å². The fraction of sp³-hybridized carbons (Fsp3) is 0.850. The summed E-state index contributed by atoms with van der Waals surface area (Å²) >= 11 is 2.43. The van der Waals surface area contributed by atoms with Crippen LogP contribution in [0.1, 0.15) is 71.1 Å². The number of rotatable bonds is 13. The van der Waals surface area contributed by atoms with Crippen molar-refractivity contribution in [1.82, 2.24) is 0 Å². The van der Waals surface area contributed by atoms with E-state index in [-0.39, 0.29) is 24.5 Å². The molecule has 0 spiro atoms. The zero-order valence-corrected chi connectivity index (χ0v) is 17.9. The van der Waals surface area contributed by atoms with Crippen LogP contribution in [0.4, 0.5) is 0 Å². The number of alkyl halides is 1. The Hall–Kier alpha value is -0.180. The Morgan fingerprint density at radius 3 is 2.50 bits per heavy atom. The van der Waals surface area contributed by atoms with Gasteiger partial charge in [-0.3, -0.25) is 4.79 Å². The Balaban J connectivity index is 2.38. The van der Waals surface area contributed by atoms with Crippen molar-refractivity contribution in [3.8, 4) is 0 Å². The first-order valence-corrected chi connectivity index (χ1v) is 11.1. The summed E-state index contributed by atoms with van der Waals surface area (Å²) in [5.41, 5.74) is 0. The Bertz CT molecular complexity index is 426. The number of carboxylic acids is 1. The van der Waals surface area contributed by atoms with Crippen molar-refractivity contribution in [2.45, 2.75) is 93.4 Å². The van der Waals surface area contributed by atoms with Gasteiger partial charge >= 0.3 is 5.97 Å². The van der Waals surface area contributed by atoms with Gasteiger partial charge in [0.1, 0.15) is 0 Å². The molecule has 0 aromatic carbocycles. The van der Waals surface area contributed by atoms with Gasteiger partial charge in [-0.25, -0.2) is 0 Å². The van der Waals surface area contributed by atoms with Gasteiger partial charge in [0.05, 0.1) is 18.3 Å². The van der Waals surface area contributed by atoms with Gasteiger partial charge in [0.2, 0.25) is 0 Å². The summed E-state index contributed by atoms with van der Waals surface area (Å²) in [5, 5.41) is 38.4. The van der Waals surface area contributed by atoms with E-state index in [0.717, 1.165) is 44.9 Å². The fourth-order valence-corrected chi connectivity index (χ4v) is 5.08. The van der Waals surface area contributed by atoms with Crippen molar-refractivity contribution in [2.75, 3.05) is 0 Å². The third kappa shape index (κ3) is 9.67. The molecular weight excluding hydrogens is 447 g/mol. The van der Waals surface area contributed by atoms with Crippen LogP contribution in [0, 0.1) is 11.8 Å². The van der Waals surface area contributed by atoms with Gasteiger partial charge in [-0.1, -0.05) is 54.0 Å². The first-order chi connectivity index (χ1) is 12.3. The predicted molar refractivity (Wildman–Crippen MR) is 111 cm³/mol. The third-order valence-electron chi connectivity index (χ3n) is 5.23. The van der Waals surface area contributed by atoms with Crippen molar-refractivity contribution in [2.24, 2.45) is 11.8 Å². The molecule has 1 rings (SSSR count). The molecule has 0 radical (unpaired) electrons. The van der Waals surface area contributed by atoms with E-state index in [2.05, 4.69) is 22.6 Å². The van der Waals surface area contributed by atoms with Crippen LogP contribution in [-0.2, 0) is 4.79 Å². The molecule has 0 saturated heterocycles. The summed E-state index contributed by atoms with van der Waals surface area (Å²) in [6.07, 6.45) is 10.5.